The maximum Gasteiger partial charge on any atom is 0.248 e. The van der Waals surface area contributed by atoms with Crippen molar-refractivity contribution in [3.8, 4) is 0 Å². The molecule has 0 fully saturated rings. The summed E-state index contributed by atoms with van der Waals surface area (Å²) in [5, 5.41) is 2.98. The van der Waals surface area contributed by atoms with Gasteiger partial charge in [-0.3, -0.25) is 9.78 Å². The molecule has 3 nitrogen and oxygen atoms in total. The van der Waals surface area contributed by atoms with Gasteiger partial charge < -0.3 is 5.32 Å². The zero-order valence-electron chi connectivity index (χ0n) is 12.6. The minimum absolute atomic E-state index is 0.130. The predicted octanol–water partition coefficient (Wildman–Crippen LogP) is 4.17. The molecular formula is C18H20N2O. The second-order valence-corrected chi connectivity index (χ2v) is 5.30. The van der Waals surface area contributed by atoms with Crippen molar-refractivity contribution in [2.45, 2.75) is 26.7 Å². The van der Waals surface area contributed by atoms with Gasteiger partial charge in [0.15, 0.2) is 0 Å². The van der Waals surface area contributed by atoms with Crippen LogP contribution in [0.5, 0.6) is 0 Å². The number of benzene rings is 1. The first-order valence-electron chi connectivity index (χ1n) is 7.06. The van der Waals surface area contributed by atoms with Crippen LogP contribution in [-0.4, -0.2) is 10.9 Å². The highest BCUT2D eigenvalue weighted by atomic mass is 16.1. The fourth-order valence-electron chi connectivity index (χ4n) is 2.15. The van der Waals surface area contributed by atoms with Crippen LogP contribution in [0.2, 0.25) is 0 Å². The van der Waals surface area contributed by atoms with Crippen LogP contribution in [0.1, 0.15) is 36.5 Å². The Morgan fingerprint density at radius 2 is 2.05 bits per heavy atom. The number of carbonyl (C=O) groups excluding carboxylic acids is 1. The van der Waals surface area contributed by atoms with Gasteiger partial charge in [0.25, 0.3) is 0 Å². The lowest BCUT2D eigenvalue weighted by molar-refractivity contribution is -0.111. The number of pyridine rings is 1. The van der Waals surface area contributed by atoms with E-state index in [4.69, 9.17) is 0 Å². The molecule has 2 aromatic rings. The van der Waals surface area contributed by atoms with Crippen LogP contribution in [0.4, 0.5) is 5.69 Å². The average molecular weight is 280 g/mol. The summed E-state index contributed by atoms with van der Waals surface area (Å²) in [6, 6.07) is 9.83. The molecule has 3 heteroatoms. The monoisotopic (exact) mass is 280 g/mol. The van der Waals surface area contributed by atoms with Gasteiger partial charge in [-0.25, -0.2) is 0 Å². The maximum atomic E-state index is 12.1. The smallest absolute Gasteiger partial charge is 0.248 e. The van der Waals surface area contributed by atoms with Crippen LogP contribution >= 0.6 is 0 Å². The second-order valence-electron chi connectivity index (χ2n) is 5.30. The van der Waals surface area contributed by atoms with Gasteiger partial charge in [0.2, 0.25) is 5.91 Å². The normalized spacial score (nSPS) is 11.0. The third-order valence-electron chi connectivity index (χ3n) is 3.29. The van der Waals surface area contributed by atoms with Gasteiger partial charge in [-0.15, -0.1) is 0 Å². The van der Waals surface area contributed by atoms with Crippen LogP contribution in [0.15, 0.2) is 48.8 Å². The minimum atomic E-state index is -0.130. The molecule has 0 aliphatic rings. The van der Waals surface area contributed by atoms with Crippen LogP contribution in [0, 0.1) is 6.92 Å². The van der Waals surface area contributed by atoms with E-state index in [1.165, 1.54) is 6.08 Å². The molecule has 1 N–H and O–H groups in total. The van der Waals surface area contributed by atoms with Crippen molar-refractivity contribution in [2.24, 2.45) is 0 Å². The molecule has 0 saturated heterocycles. The van der Waals surface area contributed by atoms with Gasteiger partial charge in [0, 0.05) is 24.2 Å². The highest BCUT2D eigenvalue weighted by Gasteiger charge is 2.10. The van der Waals surface area contributed by atoms with E-state index >= 15 is 0 Å². The Morgan fingerprint density at radius 3 is 2.71 bits per heavy atom. The number of aromatic nitrogens is 1. The lowest BCUT2D eigenvalue weighted by Gasteiger charge is -2.15. The average Bonchev–Trinajstić information content (AvgIpc) is 2.48. The molecule has 0 saturated carbocycles. The Kier molecular flexibility index (Phi) is 4.88. The molecule has 1 aromatic heterocycles. The number of hydrogen-bond acceptors (Lipinski definition) is 2. The molecule has 2 rings (SSSR count). The van der Waals surface area contributed by atoms with E-state index in [9.17, 15) is 4.79 Å². The lowest BCUT2D eigenvalue weighted by Crippen LogP contribution is -2.11. The summed E-state index contributed by atoms with van der Waals surface area (Å²) >= 11 is 0. The number of rotatable bonds is 4. The summed E-state index contributed by atoms with van der Waals surface area (Å²) in [4.78, 5) is 16.1. The molecule has 0 unspecified atom stereocenters. The number of anilines is 1. The minimum Gasteiger partial charge on any atom is -0.322 e. The third kappa shape index (κ3) is 4.02. The number of hydrogen-bond donors (Lipinski definition) is 1. The van der Waals surface area contributed by atoms with Crippen molar-refractivity contribution in [1.29, 1.82) is 0 Å². The summed E-state index contributed by atoms with van der Waals surface area (Å²) in [5.74, 6) is 0.234. The molecular weight excluding hydrogens is 260 g/mol. The summed E-state index contributed by atoms with van der Waals surface area (Å²) < 4.78 is 0. The molecule has 1 amide bonds. The number of para-hydroxylation sites is 1. The number of amides is 1. The van der Waals surface area contributed by atoms with Gasteiger partial charge in [-0.1, -0.05) is 38.1 Å². The molecule has 1 aromatic carbocycles. The molecule has 1 heterocycles. The van der Waals surface area contributed by atoms with Crippen molar-refractivity contribution in [3.05, 3.63) is 65.5 Å². The van der Waals surface area contributed by atoms with E-state index in [2.05, 4.69) is 30.2 Å². The van der Waals surface area contributed by atoms with Gasteiger partial charge in [0.1, 0.15) is 0 Å². The molecule has 0 bridgehead atoms. The fourth-order valence-corrected chi connectivity index (χ4v) is 2.15. The number of aryl methyl sites for hydroxylation is 1. The summed E-state index contributed by atoms with van der Waals surface area (Å²) in [6.07, 6.45) is 6.72. The number of nitrogens with zero attached hydrogens (tertiary/aromatic N) is 1. The van der Waals surface area contributed by atoms with Gasteiger partial charge in [-0.2, -0.15) is 0 Å². The van der Waals surface area contributed by atoms with Gasteiger partial charge in [0.05, 0.1) is 0 Å². The summed E-state index contributed by atoms with van der Waals surface area (Å²) in [6.45, 7) is 6.25. The molecule has 0 radical (unpaired) electrons. The van der Waals surface area contributed by atoms with Crippen LogP contribution in [0.3, 0.4) is 0 Å². The Labute approximate surface area is 125 Å². The number of carbonyl (C=O) groups is 1. The molecule has 21 heavy (non-hydrogen) atoms. The highest BCUT2D eigenvalue weighted by Crippen LogP contribution is 2.27. The first-order chi connectivity index (χ1) is 10.1. The second kappa shape index (κ2) is 6.84. The Balaban J connectivity index is 2.15. The van der Waals surface area contributed by atoms with Crippen molar-refractivity contribution >= 4 is 17.7 Å². The summed E-state index contributed by atoms with van der Waals surface area (Å²) in [5.41, 5.74) is 4.04. The van der Waals surface area contributed by atoms with Crippen LogP contribution in [-0.2, 0) is 4.79 Å². The van der Waals surface area contributed by atoms with Gasteiger partial charge in [-0.05, 0) is 41.7 Å². The highest BCUT2D eigenvalue weighted by molar-refractivity contribution is 6.02. The Hall–Kier alpha value is -2.42. The lowest BCUT2D eigenvalue weighted by atomic mass is 9.98. The standard InChI is InChI=1S/C18H20N2O/c1-13(2)16-8-4-6-14(3)18(16)20-17(21)10-9-15-7-5-11-19-12-15/h4-13H,1-3H3,(H,20,21)/b10-9+. The van der Waals surface area contributed by atoms with E-state index < -0.39 is 0 Å². The van der Waals surface area contributed by atoms with Crippen LogP contribution < -0.4 is 5.32 Å². The van der Waals surface area contributed by atoms with Crippen molar-refractivity contribution in [1.82, 2.24) is 4.98 Å². The molecule has 0 aliphatic carbocycles. The molecule has 0 atom stereocenters. The predicted molar refractivity (Wildman–Crippen MR) is 87.2 cm³/mol. The topological polar surface area (TPSA) is 42.0 Å². The van der Waals surface area contributed by atoms with Crippen molar-refractivity contribution < 1.29 is 4.79 Å². The van der Waals surface area contributed by atoms with Crippen LogP contribution in [0.25, 0.3) is 6.08 Å². The van der Waals surface area contributed by atoms with E-state index in [-0.39, 0.29) is 5.91 Å². The fraction of sp³-hybridized carbons (Fsp3) is 0.222. The maximum absolute atomic E-state index is 12.1. The quantitative estimate of drug-likeness (QED) is 0.854. The van der Waals surface area contributed by atoms with E-state index in [1.807, 2.05) is 31.2 Å². The largest absolute Gasteiger partial charge is 0.322 e. The first kappa shape index (κ1) is 15.0. The van der Waals surface area contributed by atoms with E-state index in [0.717, 1.165) is 22.4 Å². The Bertz CT molecular complexity index is 646. The molecule has 0 aliphatic heterocycles. The van der Waals surface area contributed by atoms with E-state index in [0.29, 0.717) is 5.92 Å². The summed E-state index contributed by atoms with van der Waals surface area (Å²) in [7, 11) is 0. The van der Waals surface area contributed by atoms with Crippen molar-refractivity contribution in [2.75, 3.05) is 5.32 Å². The van der Waals surface area contributed by atoms with Gasteiger partial charge >= 0.3 is 0 Å². The zero-order valence-corrected chi connectivity index (χ0v) is 12.6. The Morgan fingerprint density at radius 1 is 1.24 bits per heavy atom. The molecule has 108 valence electrons. The number of nitrogens with one attached hydrogen (secondary N) is 1. The zero-order chi connectivity index (χ0) is 15.2. The SMILES string of the molecule is Cc1cccc(C(C)C)c1NC(=O)/C=C/c1cccnc1. The molecule has 0 spiro atoms. The van der Waals surface area contributed by atoms with Crippen molar-refractivity contribution in [3.63, 3.8) is 0 Å². The first-order valence-corrected chi connectivity index (χ1v) is 7.06. The third-order valence-corrected chi connectivity index (χ3v) is 3.29. The van der Waals surface area contributed by atoms with E-state index in [1.54, 1.807) is 18.5 Å².